The molecule has 5 heteroatoms. The van der Waals surface area contributed by atoms with Crippen molar-refractivity contribution in [1.82, 2.24) is 10.2 Å². The molecule has 2 aliphatic rings. The van der Waals surface area contributed by atoms with E-state index in [1.807, 2.05) is 0 Å². The number of carbonyl (C=O) groups excluding carboxylic acids is 1. The summed E-state index contributed by atoms with van der Waals surface area (Å²) in [6.07, 6.45) is 2.58. The zero-order chi connectivity index (χ0) is 11.4. The van der Waals surface area contributed by atoms with E-state index in [0.29, 0.717) is 13.2 Å². The molecule has 2 heterocycles. The van der Waals surface area contributed by atoms with Crippen LogP contribution in [0.5, 0.6) is 0 Å². The van der Waals surface area contributed by atoms with Gasteiger partial charge in [0.2, 0.25) is 5.91 Å². The van der Waals surface area contributed by atoms with Gasteiger partial charge in [-0.3, -0.25) is 9.69 Å². The number of likely N-dealkylation sites (N-methyl/N-ethyl adjacent to an activating group) is 1. The summed E-state index contributed by atoms with van der Waals surface area (Å²) < 4.78 is 11.3. The van der Waals surface area contributed by atoms with Crippen molar-refractivity contribution in [2.45, 2.75) is 25.0 Å². The van der Waals surface area contributed by atoms with E-state index in [0.717, 1.165) is 32.5 Å². The van der Waals surface area contributed by atoms with Crippen LogP contribution in [0.15, 0.2) is 0 Å². The molecule has 0 saturated carbocycles. The molecule has 2 fully saturated rings. The molecule has 2 atom stereocenters. The number of ether oxygens (including phenoxy) is 2. The molecule has 0 radical (unpaired) electrons. The first kappa shape index (κ1) is 11.8. The fraction of sp³-hybridized carbons (Fsp3) is 0.909. The van der Waals surface area contributed by atoms with E-state index >= 15 is 0 Å². The second kappa shape index (κ2) is 5.61. The molecule has 0 bridgehead atoms. The Bertz CT molecular complexity index is 241. The summed E-state index contributed by atoms with van der Waals surface area (Å²) in [5.41, 5.74) is 0. The highest BCUT2D eigenvalue weighted by molar-refractivity contribution is 5.77. The number of amides is 1. The van der Waals surface area contributed by atoms with Crippen LogP contribution in [-0.4, -0.2) is 62.9 Å². The second-order valence-corrected chi connectivity index (χ2v) is 4.37. The third-order valence-electron chi connectivity index (χ3n) is 3.20. The fourth-order valence-electron chi connectivity index (χ4n) is 2.28. The van der Waals surface area contributed by atoms with Gasteiger partial charge in [0, 0.05) is 26.7 Å². The van der Waals surface area contributed by atoms with Crippen molar-refractivity contribution < 1.29 is 14.3 Å². The van der Waals surface area contributed by atoms with Gasteiger partial charge in [0.05, 0.1) is 25.4 Å². The van der Waals surface area contributed by atoms with E-state index in [1.165, 1.54) is 0 Å². The molecule has 0 aliphatic carbocycles. The number of morpholine rings is 1. The first-order valence-corrected chi connectivity index (χ1v) is 5.95. The highest BCUT2D eigenvalue weighted by Gasteiger charge is 2.31. The van der Waals surface area contributed by atoms with Gasteiger partial charge < -0.3 is 14.8 Å². The molecule has 0 aromatic rings. The van der Waals surface area contributed by atoms with Gasteiger partial charge in [-0.1, -0.05) is 0 Å². The highest BCUT2D eigenvalue weighted by atomic mass is 16.5. The Labute approximate surface area is 96.1 Å². The maximum atomic E-state index is 11.3. The monoisotopic (exact) mass is 228 g/mol. The zero-order valence-electron chi connectivity index (χ0n) is 9.78. The molecule has 1 amide bonds. The number of hydrogen-bond acceptors (Lipinski definition) is 4. The Kier molecular flexibility index (Phi) is 4.15. The van der Waals surface area contributed by atoms with Crippen LogP contribution in [0.4, 0.5) is 0 Å². The minimum Gasteiger partial charge on any atom is -0.375 e. The zero-order valence-corrected chi connectivity index (χ0v) is 9.78. The summed E-state index contributed by atoms with van der Waals surface area (Å²) in [5.74, 6) is 0.0630. The van der Waals surface area contributed by atoms with E-state index in [2.05, 4.69) is 10.2 Å². The lowest BCUT2D eigenvalue weighted by Gasteiger charge is -2.34. The van der Waals surface area contributed by atoms with Crippen LogP contribution < -0.4 is 5.32 Å². The quantitative estimate of drug-likeness (QED) is 0.715. The molecular formula is C11H20N2O3. The van der Waals surface area contributed by atoms with Gasteiger partial charge in [0.25, 0.3) is 0 Å². The molecular weight excluding hydrogens is 208 g/mol. The number of nitrogens with one attached hydrogen (secondary N) is 1. The number of rotatable bonds is 3. The van der Waals surface area contributed by atoms with Crippen LogP contribution in [0, 0.1) is 0 Å². The standard InChI is InChI=1S/C11H20N2O3/c1-12-11(14)8-13-4-6-16-10(7-13)9-3-2-5-15-9/h9-10H,2-8H2,1H3,(H,12,14)/t9-,10-/m1/s1. The van der Waals surface area contributed by atoms with Crippen LogP contribution in [0.1, 0.15) is 12.8 Å². The van der Waals surface area contributed by atoms with Crippen LogP contribution in [0.25, 0.3) is 0 Å². The molecule has 2 aliphatic heterocycles. The fourth-order valence-corrected chi connectivity index (χ4v) is 2.28. The first-order chi connectivity index (χ1) is 7.79. The summed E-state index contributed by atoms with van der Waals surface area (Å²) in [4.78, 5) is 13.4. The van der Waals surface area contributed by atoms with Gasteiger partial charge in [-0.2, -0.15) is 0 Å². The number of carbonyl (C=O) groups is 1. The average molecular weight is 228 g/mol. The summed E-state index contributed by atoms with van der Waals surface area (Å²) in [6, 6.07) is 0. The lowest BCUT2D eigenvalue weighted by molar-refractivity contribution is -0.127. The Morgan fingerprint density at radius 2 is 2.19 bits per heavy atom. The van der Waals surface area contributed by atoms with Crippen molar-refractivity contribution in [3.8, 4) is 0 Å². The van der Waals surface area contributed by atoms with E-state index in [9.17, 15) is 4.79 Å². The number of hydrogen-bond donors (Lipinski definition) is 1. The van der Waals surface area contributed by atoms with Crippen molar-refractivity contribution in [3.05, 3.63) is 0 Å². The number of nitrogens with zero attached hydrogens (tertiary/aromatic N) is 1. The lowest BCUT2D eigenvalue weighted by atomic mass is 10.1. The molecule has 16 heavy (non-hydrogen) atoms. The Balaban J connectivity index is 1.81. The van der Waals surface area contributed by atoms with Gasteiger partial charge in [-0.15, -0.1) is 0 Å². The Morgan fingerprint density at radius 1 is 1.38 bits per heavy atom. The summed E-state index contributed by atoms with van der Waals surface area (Å²) in [7, 11) is 1.67. The van der Waals surface area contributed by atoms with Crippen LogP contribution in [-0.2, 0) is 14.3 Å². The minimum atomic E-state index is 0.0630. The molecule has 0 spiro atoms. The predicted molar refractivity (Wildman–Crippen MR) is 59.2 cm³/mol. The smallest absolute Gasteiger partial charge is 0.233 e. The third-order valence-corrected chi connectivity index (χ3v) is 3.20. The van der Waals surface area contributed by atoms with Gasteiger partial charge in [0.1, 0.15) is 0 Å². The van der Waals surface area contributed by atoms with Crippen molar-refractivity contribution in [1.29, 1.82) is 0 Å². The molecule has 1 N–H and O–H groups in total. The maximum Gasteiger partial charge on any atom is 0.233 e. The molecule has 0 aromatic heterocycles. The molecule has 92 valence electrons. The molecule has 2 rings (SSSR count). The van der Waals surface area contributed by atoms with Crippen LogP contribution in [0.3, 0.4) is 0 Å². The normalized spacial score (nSPS) is 31.6. The van der Waals surface area contributed by atoms with Gasteiger partial charge in [-0.25, -0.2) is 0 Å². The third kappa shape index (κ3) is 2.93. The minimum absolute atomic E-state index is 0.0630. The largest absolute Gasteiger partial charge is 0.375 e. The predicted octanol–water partition coefficient (Wildman–Crippen LogP) is -0.388. The van der Waals surface area contributed by atoms with E-state index in [-0.39, 0.29) is 18.1 Å². The average Bonchev–Trinajstić information content (AvgIpc) is 2.83. The van der Waals surface area contributed by atoms with Crippen molar-refractivity contribution in [3.63, 3.8) is 0 Å². The SMILES string of the molecule is CNC(=O)CN1CCO[C@@H]([C@H]2CCCO2)C1. The topological polar surface area (TPSA) is 50.8 Å². The lowest BCUT2D eigenvalue weighted by Crippen LogP contribution is -2.50. The molecule has 2 saturated heterocycles. The Hall–Kier alpha value is -0.650. The van der Waals surface area contributed by atoms with E-state index < -0.39 is 0 Å². The van der Waals surface area contributed by atoms with Crippen LogP contribution in [0.2, 0.25) is 0 Å². The van der Waals surface area contributed by atoms with Gasteiger partial charge in [0.15, 0.2) is 0 Å². The summed E-state index contributed by atoms with van der Waals surface area (Å²) >= 11 is 0. The maximum absolute atomic E-state index is 11.3. The Morgan fingerprint density at radius 3 is 2.88 bits per heavy atom. The van der Waals surface area contributed by atoms with Crippen molar-refractivity contribution in [2.75, 3.05) is 39.9 Å². The molecule has 0 unspecified atom stereocenters. The highest BCUT2D eigenvalue weighted by Crippen LogP contribution is 2.20. The van der Waals surface area contributed by atoms with Crippen LogP contribution >= 0.6 is 0 Å². The molecule has 5 nitrogen and oxygen atoms in total. The van der Waals surface area contributed by atoms with E-state index in [4.69, 9.17) is 9.47 Å². The first-order valence-electron chi connectivity index (χ1n) is 5.95. The molecule has 0 aromatic carbocycles. The summed E-state index contributed by atoms with van der Waals surface area (Å²) in [6.45, 7) is 3.64. The summed E-state index contributed by atoms with van der Waals surface area (Å²) in [5, 5.41) is 2.64. The van der Waals surface area contributed by atoms with Crippen molar-refractivity contribution >= 4 is 5.91 Å². The van der Waals surface area contributed by atoms with Gasteiger partial charge in [-0.05, 0) is 12.8 Å². The van der Waals surface area contributed by atoms with Crippen molar-refractivity contribution in [2.24, 2.45) is 0 Å². The van der Waals surface area contributed by atoms with Gasteiger partial charge >= 0.3 is 0 Å². The second-order valence-electron chi connectivity index (χ2n) is 4.37. The van der Waals surface area contributed by atoms with E-state index in [1.54, 1.807) is 7.05 Å².